The fraction of sp³-hybridized carbons (Fsp3) is 0.200. The van der Waals surface area contributed by atoms with Gasteiger partial charge in [0.05, 0.1) is 10.6 Å². The summed E-state index contributed by atoms with van der Waals surface area (Å²) < 4.78 is 5.46. The molecule has 0 aliphatic carbocycles. The highest BCUT2D eigenvalue weighted by molar-refractivity contribution is 6.41. The number of esters is 1. The van der Waals surface area contributed by atoms with Crippen LogP contribution in [0.5, 0.6) is 5.75 Å². The first-order valence-corrected chi connectivity index (χ1v) is 6.75. The number of aromatic nitrogens is 1. The molecule has 0 saturated carbocycles. The van der Waals surface area contributed by atoms with Crippen LogP contribution in [-0.2, 0) is 0 Å². The standard InChI is InChI=1S/C15H13Cl2NO2/c1-8-4-5-9(2)13(10(8)3)20-15(19)11-6-12(16)14(17)18-7-11/h4-7H,1-3H3. The lowest BCUT2D eigenvalue weighted by molar-refractivity contribution is 0.0732. The molecular formula is C15H13Cl2NO2. The lowest BCUT2D eigenvalue weighted by Gasteiger charge is -2.12. The Morgan fingerprint density at radius 1 is 1.15 bits per heavy atom. The van der Waals surface area contributed by atoms with Gasteiger partial charge in [0.1, 0.15) is 10.9 Å². The Bertz CT molecular complexity index is 684. The van der Waals surface area contributed by atoms with Crippen LogP contribution in [0.3, 0.4) is 0 Å². The lowest BCUT2D eigenvalue weighted by Crippen LogP contribution is -2.11. The summed E-state index contributed by atoms with van der Waals surface area (Å²) >= 11 is 11.6. The molecule has 20 heavy (non-hydrogen) atoms. The van der Waals surface area contributed by atoms with Crippen molar-refractivity contribution in [1.82, 2.24) is 4.98 Å². The predicted molar refractivity (Wildman–Crippen MR) is 79.9 cm³/mol. The number of rotatable bonds is 2. The smallest absolute Gasteiger partial charge is 0.345 e. The van der Waals surface area contributed by atoms with Crippen LogP contribution in [0, 0.1) is 20.8 Å². The second-order valence-corrected chi connectivity index (χ2v) is 5.30. The number of hydrogen-bond donors (Lipinski definition) is 0. The van der Waals surface area contributed by atoms with Crippen LogP contribution >= 0.6 is 23.2 Å². The number of nitrogens with zero attached hydrogens (tertiary/aromatic N) is 1. The molecule has 1 aromatic carbocycles. The number of carbonyl (C=O) groups excluding carboxylic acids is 1. The summed E-state index contributed by atoms with van der Waals surface area (Å²) in [5, 5.41) is 0.380. The van der Waals surface area contributed by atoms with Gasteiger partial charge in [-0.25, -0.2) is 9.78 Å². The summed E-state index contributed by atoms with van der Waals surface area (Å²) in [5.41, 5.74) is 3.16. The Morgan fingerprint density at radius 2 is 1.80 bits per heavy atom. The van der Waals surface area contributed by atoms with Crippen molar-refractivity contribution in [2.45, 2.75) is 20.8 Å². The Kier molecular flexibility index (Phi) is 4.31. The molecule has 0 aliphatic rings. The van der Waals surface area contributed by atoms with E-state index in [4.69, 9.17) is 27.9 Å². The summed E-state index contributed by atoms with van der Waals surface area (Å²) in [5.74, 6) is 0.0638. The van der Waals surface area contributed by atoms with E-state index in [1.54, 1.807) is 0 Å². The minimum Gasteiger partial charge on any atom is -0.422 e. The first kappa shape index (κ1) is 14.8. The van der Waals surface area contributed by atoms with Gasteiger partial charge in [-0.05, 0) is 43.5 Å². The molecule has 0 unspecified atom stereocenters. The van der Waals surface area contributed by atoms with Gasteiger partial charge >= 0.3 is 5.97 Å². The number of carbonyl (C=O) groups is 1. The fourth-order valence-electron chi connectivity index (χ4n) is 1.77. The molecule has 2 rings (SSSR count). The first-order chi connectivity index (χ1) is 9.40. The SMILES string of the molecule is Cc1ccc(C)c(OC(=O)c2cnc(Cl)c(Cl)c2)c1C. The topological polar surface area (TPSA) is 39.2 Å². The maximum Gasteiger partial charge on any atom is 0.345 e. The van der Waals surface area contributed by atoms with Gasteiger partial charge in [-0.15, -0.1) is 0 Å². The van der Waals surface area contributed by atoms with Crippen LogP contribution in [0.15, 0.2) is 24.4 Å². The van der Waals surface area contributed by atoms with Gasteiger partial charge in [0, 0.05) is 6.20 Å². The van der Waals surface area contributed by atoms with Crippen LogP contribution in [0.2, 0.25) is 10.2 Å². The van der Waals surface area contributed by atoms with Gasteiger partial charge in [0.2, 0.25) is 0 Å². The Hall–Kier alpha value is -1.58. The van der Waals surface area contributed by atoms with Crippen molar-refractivity contribution >= 4 is 29.2 Å². The zero-order valence-electron chi connectivity index (χ0n) is 11.3. The fourth-order valence-corrected chi connectivity index (χ4v) is 2.04. The van der Waals surface area contributed by atoms with Crippen molar-refractivity contribution in [3.8, 4) is 5.75 Å². The molecule has 0 fully saturated rings. The Labute approximate surface area is 127 Å². The van der Waals surface area contributed by atoms with E-state index in [0.717, 1.165) is 16.7 Å². The predicted octanol–water partition coefficient (Wildman–Crippen LogP) is 4.53. The minimum atomic E-state index is -0.507. The molecule has 0 amide bonds. The van der Waals surface area contributed by atoms with E-state index < -0.39 is 5.97 Å². The quantitative estimate of drug-likeness (QED) is 0.464. The molecule has 5 heteroatoms. The minimum absolute atomic E-state index is 0.158. The van der Waals surface area contributed by atoms with Gasteiger partial charge < -0.3 is 4.74 Å². The van der Waals surface area contributed by atoms with E-state index in [1.807, 2.05) is 32.9 Å². The molecule has 0 aliphatic heterocycles. The largest absolute Gasteiger partial charge is 0.422 e. The lowest BCUT2D eigenvalue weighted by atomic mass is 10.1. The van der Waals surface area contributed by atoms with Gasteiger partial charge in [0.15, 0.2) is 0 Å². The normalized spacial score (nSPS) is 10.4. The van der Waals surface area contributed by atoms with Crippen molar-refractivity contribution < 1.29 is 9.53 Å². The second kappa shape index (κ2) is 5.81. The van der Waals surface area contributed by atoms with Crippen molar-refractivity contribution in [1.29, 1.82) is 0 Å². The van der Waals surface area contributed by atoms with Gasteiger partial charge in [-0.2, -0.15) is 0 Å². The molecule has 1 heterocycles. The molecule has 0 atom stereocenters. The van der Waals surface area contributed by atoms with E-state index in [9.17, 15) is 4.79 Å². The molecule has 3 nitrogen and oxygen atoms in total. The molecule has 0 N–H and O–H groups in total. The zero-order valence-corrected chi connectivity index (χ0v) is 12.8. The summed E-state index contributed by atoms with van der Waals surface area (Å²) in [4.78, 5) is 16.0. The second-order valence-electron chi connectivity index (χ2n) is 4.54. The number of pyridine rings is 1. The number of benzene rings is 1. The third kappa shape index (κ3) is 2.94. The van der Waals surface area contributed by atoms with Crippen LogP contribution in [0.4, 0.5) is 0 Å². The van der Waals surface area contributed by atoms with Crippen LogP contribution in [0.1, 0.15) is 27.0 Å². The zero-order chi connectivity index (χ0) is 14.9. The molecule has 2 aromatic rings. The first-order valence-electron chi connectivity index (χ1n) is 6.00. The summed E-state index contributed by atoms with van der Waals surface area (Å²) in [6.07, 6.45) is 1.34. The van der Waals surface area contributed by atoms with Crippen molar-refractivity contribution in [3.63, 3.8) is 0 Å². The molecule has 1 aromatic heterocycles. The third-order valence-electron chi connectivity index (χ3n) is 3.10. The highest BCUT2D eigenvalue weighted by Gasteiger charge is 2.15. The van der Waals surface area contributed by atoms with Crippen molar-refractivity contribution in [3.05, 3.63) is 56.8 Å². The van der Waals surface area contributed by atoms with Crippen molar-refractivity contribution in [2.24, 2.45) is 0 Å². The molecule has 104 valence electrons. The van der Waals surface area contributed by atoms with Crippen LogP contribution < -0.4 is 4.74 Å². The maximum atomic E-state index is 12.1. The number of halogens is 2. The highest BCUT2D eigenvalue weighted by atomic mass is 35.5. The van der Waals surface area contributed by atoms with E-state index in [-0.39, 0.29) is 15.7 Å². The molecule has 0 saturated heterocycles. The molecule has 0 radical (unpaired) electrons. The average molecular weight is 310 g/mol. The van der Waals surface area contributed by atoms with Gasteiger partial charge in [-0.3, -0.25) is 0 Å². The summed E-state index contributed by atoms with van der Waals surface area (Å²) in [7, 11) is 0. The van der Waals surface area contributed by atoms with Crippen molar-refractivity contribution in [2.75, 3.05) is 0 Å². The molecule has 0 bridgehead atoms. The van der Waals surface area contributed by atoms with Gasteiger partial charge in [0.25, 0.3) is 0 Å². The molecule has 0 spiro atoms. The Balaban J connectivity index is 2.32. The highest BCUT2D eigenvalue weighted by Crippen LogP contribution is 2.27. The van der Waals surface area contributed by atoms with E-state index in [1.165, 1.54) is 12.3 Å². The Morgan fingerprint density at radius 3 is 2.45 bits per heavy atom. The number of hydrogen-bond acceptors (Lipinski definition) is 3. The summed E-state index contributed by atoms with van der Waals surface area (Å²) in [6.45, 7) is 5.77. The third-order valence-corrected chi connectivity index (χ3v) is 3.79. The number of ether oxygens (including phenoxy) is 1. The number of aryl methyl sites for hydroxylation is 2. The van der Waals surface area contributed by atoms with Gasteiger partial charge in [-0.1, -0.05) is 35.3 Å². The van der Waals surface area contributed by atoms with Crippen LogP contribution in [-0.4, -0.2) is 11.0 Å². The summed E-state index contributed by atoms with van der Waals surface area (Å²) in [6, 6.07) is 5.35. The molecular weight excluding hydrogens is 297 g/mol. The van der Waals surface area contributed by atoms with E-state index in [0.29, 0.717) is 5.75 Å². The van der Waals surface area contributed by atoms with Crippen LogP contribution in [0.25, 0.3) is 0 Å². The van der Waals surface area contributed by atoms with E-state index in [2.05, 4.69) is 4.98 Å². The maximum absolute atomic E-state index is 12.1. The average Bonchev–Trinajstić information content (AvgIpc) is 2.42. The van der Waals surface area contributed by atoms with E-state index >= 15 is 0 Å². The monoisotopic (exact) mass is 309 g/mol.